The standard InChI is InChI=1S/C16H14O3/c1-18-14-7-12-9-15(11-5-3-2-4-6-11)19-16(12)13(8-14)10-17/h2-9,17H,10H2,1H3. The lowest BCUT2D eigenvalue weighted by Crippen LogP contribution is -1.87. The lowest BCUT2D eigenvalue weighted by Gasteiger charge is -2.02. The van der Waals surface area contributed by atoms with Gasteiger partial charge in [-0.25, -0.2) is 0 Å². The van der Waals surface area contributed by atoms with Gasteiger partial charge in [0.15, 0.2) is 0 Å². The van der Waals surface area contributed by atoms with Crippen LogP contribution in [0, 0.1) is 0 Å². The zero-order chi connectivity index (χ0) is 13.2. The van der Waals surface area contributed by atoms with Crippen molar-refractivity contribution < 1.29 is 14.3 Å². The molecule has 3 aromatic rings. The molecule has 0 radical (unpaired) electrons. The van der Waals surface area contributed by atoms with Crippen LogP contribution >= 0.6 is 0 Å². The van der Waals surface area contributed by atoms with Gasteiger partial charge in [-0.3, -0.25) is 0 Å². The van der Waals surface area contributed by atoms with Gasteiger partial charge in [0.2, 0.25) is 0 Å². The molecule has 0 bridgehead atoms. The third-order valence-electron chi connectivity index (χ3n) is 3.13. The molecule has 3 rings (SSSR count). The van der Waals surface area contributed by atoms with Crippen molar-refractivity contribution in [1.82, 2.24) is 0 Å². The Balaban J connectivity index is 2.20. The molecule has 3 heteroatoms. The molecule has 0 saturated carbocycles. The van der Waals surface area contributed by atoms with Gasteiger partial charge in [-0.2, -0.15) is 0 Å². The largest absolute Gasteiger partial charge is 0.497 e. The summed E-state index contributed by atoms with van der Waals surface area (Å²) in [6.07, 6.45) is 0. The zero-order valence-corrected chi connectivity index (χ0v) is 10.6. The minimum absolute atomic E-state index is 0.0740. The van der Waals surface area contributed by atoms with Crippen molar-refractivity contribution in [2.24, 2.45) is 0 Å². The number of fused-ring (bicyclic) bond motifs is 1. The third-order valence-corrected chi connectivity index (χ3v) is 3.13. The lowest BCUT2D eigenvalue weighted by molar-refractivity contribution is 0.281. The van der Waals surface area contributed by atoms with E-state index in [0.29, 0.717) is 5.58 Å². The van der Waals surface area contributed by atoms with Crippen molar-refractivity contribution in [3.8, 4) is 17.1 Å². The summed E-state index contributed by atoms with van der Waals surface area (Å²) in [6, 6.07) is 15.6. The van der Waals surface area contributed by atoms with Crippen molar-refractivity contribution in [3.05, 3.63) is 54.1 Å². The van der Waals surface area contributed by atoms with Crippen LogP contribution in [0.15, 0.2) is 52.9 Å². The number of aliphatic hydroxyl groups is 1. The van der Waals surface area contributed by atoms with Crippen LogP contribution in [0.3, 0.4) is 0 Å². The summed E-state index contributed by atoms with van der Waals surface area (Å²) in [7, 11) is 1.61. The second-order valence-electron chi connectivity index (χ2n) is 4.34. The van der Waals surface area contributed by atoms with Crippen LogP contribution in [-0.2, 0) is 6.61 Å². The molecule has 0 atom stereocenters. The van der Waals surface area contributed by atoms with E-state index >= 15 is 0 Å². The summed E-state index contributed by atoms with van der Waals surface area (Å²) >= 11 is 0. The van der Waals surface area contributed by atoms with Gasteiger partial charge in [-0.15, -0.1) is 0 Å². The van der Waals surface area contributed by atoms with Crippen LogP contribution in [0.2, 0.25) is 0 Å². The Morgan fingerprint density at radius 1 is 1.11 bits per heavy atom. The molecule has 1 N–H and O–H groups in total. The van der Waals surface area contributed by atoms with Crippen LogP contribution in [0.25, 0.3) is 22.3 Å². The fourth-order valence-electron chi connectivity index (χ4n) is 2.18. The Labute approximate surface area is 111 Å². The third kappa shape index (κ3) is 2.09. The van der Waals surface area contributed by atoms with E-state index in [9.17, 15) is 5.11 Å². The lowest BCUT2D eigenvalue weighted by atomic mass is 10.1. The van der Waals surface area contributed by atoms with Crippen molar-refractivity contribution >= 4 is 11.0 Å². The van der Waals surface area contributed by atoms with Gasteiger partial charge in [-0.1, -0.05) is 30.3 Å². The molecule has 0 aliphatic heterocycles. The SMILES string of the molecule is COc1cc(CO)c2oc(-c3ccccc3)cc2c1. The van der Waals surface area contributed by atoms with Crippen LogP contribution in [0.5, 0.6) is 5.75 Å². The van der Waals surface area contributed by atoms with Gasteiger partial charge in [0, 0.05) is 16.5 Å². The zero-order valence-electron chi connectivity index (χ0n) is 10.6. The minimum Gasteiger partial charge on any atom is -0.497 e. The van der Waals surface area contributed by atoms with Gasteiger partial charge in [0.25, 0.3) is 0 Å². The van der Waals surface area contributed by atoms with Crippen LogP contribution in [0.4, 0.5) is 0 Å². The molecular formula is C16H14O3. The normalized spacial score (nSPS) is 10.8. The van der Waals surface area contributed by atoms with E-state index in [1.165, 1.54) is 0 Å². The molecule has 19 heavy (non-hydrogen) atoms. The van der Waals surface area contributed by atoms with Crippen LogP contribution < -0.4 is 4.74 Å². The maximum absolute atomic E-state index is 9.42. The quantitative estimate of drug-likeness (QED) is 0.776. The van der Waals surface area contributed by atoms with Crippen molar-refractivity contribution in [3.63, 3.8) is 0 Å². The number of benzene rings is 2. The second-order valence-corrected chi connectivity index (χ2v) is 4.34. The molecule has 0 saturated heterocycles. The molecule has 0 spiro atoms. The monoisotopic (exact) mass is 254 g/mol. The van der Waals surface area contributed by atoms with E-state index in [1.807, 2.05) is 42.5 Å². The summed E-state index contributed by atoms with van der Waals surface area (Å²) < 4.78 is 11.1. The minimum atomic E-state index is -0.0740. The van der Waals surface area contributed by atoms with Gasteiger partial charge in [0.05, 0.1) is 13.7 Å². The molecule has 0 fully saturated rings. The fraction of sp³-hybridized carbons (Fsp3) is 0.125. The summed E-state index contributed by atoms with van der Waals surface area (Å²) in [4.78, 5) is 0. The van der Waals surface area contributed by atoms with E-state index in [0.717, 1.165) is 28.0 Å². The van der Waals surface area contributed by atoms with E-state index in [1.54, 1.807) is 13.2 Å². The van der Waals surface area contributed by atoms with Crippen molar-refractivity contribution in [2.75, 3.05) is 7.11 Å². The highest BCUT2D eigenvalue weighted by molar-refractivity contribution is 5.86. The molecule has 0 aliphatic carbocycles. The highest BCUT2D eigenvalue weighted by atomic mass is 16.5. The van der Waals surface area contributed by atoms with Crippen molar-refractivity contribution in [1.29, 1.82) is 0 Å². The Kier molecular flexibility index (Phi) is 2.97. The molecule has 0 aliphatic rings. The first-order valence-corrected chi connectivity index (χ1v) is 6.08. The molecule has 96 valence electrons. The number of rotatable bonds is 3. The average molecular weight is 254 g/mol. The summed E-state index contributed by atoms with van der Waals surface area (Å²) in [5.74, 6) is 1.51. The Morgan fingerprint density at radius 2 is 1.89 bits per heavy atom. The Bertz CT molecular complexity index is 699. The number of methoxy groups -OCH3 is 1. The van der Waals surface area contributed by atoms with E-state index < -0.39 is 0 Å². The average Bonchev–Trinajstić information content (AvgIpc) is 2.91. The Morgan fingerprint density at radius 3 is 2.58 bits per heavy atom. The maximum atomic E-state index is 9.42. The van der Waals surface area contributed by atoms with Gasteiger partial charge >= 0.3 is 0 Å². The van der Waals surface area contributed by atoms with E-state index in [-0.39, 0.29) is 6.61 Å². The number of hydrogen-bond acceptors (Lipinski definition) is 3. The number of ether oxygens (including phenoxy) is 1. The van der Waals surface area contributed by atoms with E-state index in [2.05, 4.69) is 0 Å². The first kappa shape index (κ1) is 11.8. The molecule has 3 nitrogen and oxygen atoms in total. The summed E-state index contributed by atoms with van der Waals surface area (Å²) in [5.41, 5.74) is 2.46. The first-order valence-electron chi connectivity index (χ1n) is 6.08. The Hall–Kier alpha value is -2.26. The second kappa shape index (κ2) is 4.78. The molecule has 0 unspecified atom stereocenters. The summed E-state index contributed by atoms with van der Waals surface area (Å²) in [6.45, 7) is -0.0740. The number of aliphatic hydroxyl groups excluding tert-OH is 1. The fourth-order valence-corrected chi connectivity index (χ4v) is 2.18. The van der Waals surface area contributed by atoms with Gasteiger partial charge in [0.1, 0.15) is 17.1 Å². The molecule has 2 aromatic carbocycles. The first-order chi connectivity index (χ1) is 9.31. The molecule has 1 heterocycles. The number of hydrogen-bond donors (Lipinski definition) is 1. The van der Waals surface area contributed by atoms with Crippen molar-refractivity contribution in [2.45, 2.75) is 6.61 Å². The maximum Gasteiger partial charge on any atom is 0.140 e. The summed E-state index contributed by atoms with van der Waals surface area (Å²) in [5, 5.41) is 10.4. The van der Waals surface area contributed by atoms with E-state index in [4.69, 9.17) is 9.15 Å². The molecule has 0 amide bonds. The highest BCUT2D eigenvalue weighted by Gasteiger charge is 2.11. The van der Waals surface area contributed by atoms with Gasteiger partial charge in [-0.05, 0) is 18.2 Å². The number of furan rings is 1. The smallest absolute Gasteiger partial charge is 0.140 e. The predicted octanol–water partition coefficient (Wildman–Crippen LogP) is 3.60. The van der Waals surface area contributed by atoms with Crippen LogP contribution in [-0.4, -0.2) is 12.2 Å². The molecule has 1 aromatic heterocycles. The van der Waals surface area contributed by atoms with Crippen LogP contribution in [0.1, 0.15) is 5.56 Å². The predicted molar refractivity (Wildman–Crippen MR) is 74.1 cm³/mol. The topological polar surface area (TPSA) is 42.6 Å². The highest BCUT2D eigenvalue weighted by Crippen LogP contribution is 2.32. The molecular weight excluding hydrogens is 240 g/mol. The van der Waals surface area contributed by atoms with Gasteiger partial charge < -0.3 is 14.3 Å².